The van der Waals surface area contributed by atoms with Crippen LogP contribution in [0.2, 0.25) is 0 Å². The van der Waals surface area contributed by atoms with Crippen LogP contribution in [0.15, 0.2) is 36.4 Å². The van der Waals surface area contributed by atoms with Crippen molar-refractivity contribution in [3.05, 3.63) is 47.5 Å². The Morgan fingerprint density at radius 1 is 0.607 bits per heavy atom. The molecule has 28 heavy (non-hydrogen) atoms. The maximum atomic E-state index is 5.71. The normalized spacial score (nSPS) is 36.1. The minimum absolute atomic E-state index is 0.265. The van der Waals surface area contributed by atoms with Crippen LogP contribution in [0, 0.1) is 11.8 Å². The highest BCUT2D eigenvalue weighted by Gasteiger charge is 2.58. The van der Waals surface area contributed by atoms with E-state index in [2.05, 4.69) is 36.4 Å². The SMILES string of the molecule is c1cc2c(cc1C13CC4CC(C1)CC(c1ccc5c(c1)OCO5)(C4)C3)OCO2. The molecule has 2 aromatic carbocycles. The molecule has 0 saturated heterocycles. The fraction of sp³-hybridized carbons (Fsp3) is 0.500. The van der Waals surface area contributed by atoms with Crippen molar-refractivity contribution in [3.63, 3.8) is 0 Å². The van der Waals surface area contributed by atoms with Crippen LogP contribution < -0.4 is 18.9 Å². The van der Waals surface area contributed by atoms with Gasteiger partial charge in [0.25, 0.3) is 0 Å². The smallest absolute Gasteiger partial charge is 0.231 e. The molecule has 4 fully saturated rings. The minimum Gasteiger partial charge on any atom is -0.454 e. The first-order chi connectivity index (χ1) is 13.7. The van der Waals surface area contributed by atoms with Gasteiger partial charge in [-0.05, 0) is 96.6 Å². The van der Waals surface area contributed by atoms with Crippen LogP contribution in [0.4, 0.5) is 0 Å². The summed E-state index contributed by atoms with van der Waals surface area (Å²) in [5.74, 6) is 5.25. The summed E-state index contributed by atoms with van der Waals surface area (Å²) in [4.78, 5) is 0. The molecule has 144 valence electrons. The Hall–Kier alpha value is -2.36. The highest BCUT2D eigenvalue weighted by atomic mass is 16.7. The summed E-state index contributed by atoms with van der Waals surface area (Å²) in [5.41, 5.74) is 3.44. The molecule has 2 aromatic rings. The van der Waals surface area contributed by atoms with Gasteiger partial charge in [-0.25, -0.2) is 0 Å². The Morgan fingerprint density at radius 3 is 1.57 bits per heavy atom. The predicted molar refractivity (Wildman–Crippen MR) is 103 cm³/mol. The van der Waals surface area contributed by atoms with E-state index in [9.17, 15) is 0 Å². The fourth-order valence-corrected chi connectivity index (χ4v) is 7.39. The zero-order valence-electron chi connectivity index (χ0n) is 15.9. The van der Waals surface area contributed by atoms with Crippen LogP contribution in [0.3, 0.4) is 0 Å². The maximum Gasteiger partial charge on any atom is 0.231 e. The molecule has 2 heterocycles. The lowest BCUT2D eigenvalue weighted by atomic mass is 9.41. The molecule has 0 radical (unpaired) electrons. The number of benzene rings is 2. The summed E-state index contributed by atoms with van der Waals surface area (Å²) in [5, 5.41) is 0. The van der Waals surface area contributed by atoms with Crippen LogP contribution in [0.25, 0.3) is 0 Å². The quantitative estimate of drug-likeness (QED) is 0.744. The van der Waals surface area contributed by atoms with Crippen LogP contribution >= 0.6 is 0 Å². The maximum absolute atomic E-state index is 5.71. The van der Waals surface area contributed by atoms with Gasteiger partial charge in [0.2, 0.25) is 13.6 Å². The van der Waals surface area contributed by atoms with Gasteiger partial charge in [0.1, 0.15) is 0 Å². The lowest BCUT2D eigenvalue weighted by Gasteiger charge is -2.62. The van der Waals surface area contributed by atoms with Crippen LogP contribution in [0.5, 0.6) is 23.0 Å². The Labute approximate surface area is 164 Å². The summed E-state index contributed by atoms with van der Waals surface area (Å²) in [6.45, 7) is 0.691. The first-order valence-electron chi connectivity index (χ1n) is 10.5. The zero-order chi connectivity index (χ0) is 18.3. The second-order valence-electron chi connectivity index (χ2n) is 9.66. The number of ether oxygens (including phenoxy) is 4. The third kappa shape index (κ3) is 2.01. The van der Waals surface area contributed by atoms with E-state index < -0.39 is 0 Å². The number of hydrogen-bond donors (Lipinski definition) is 0. The largest absolute Gasteiger partial charge is 0.454 e. The molecular weight excluding hydrogens is 352 g/mol. The van der Waals surface area contributed by atoms with Crippen molar-refractivity contribution in [3.8, 4) is 23.0 Å². The summed E-state index contributed by atoms with van der Waals surface area (Å²) in [7, 11) is 0. The Kier molecular flexibility index (Phi) is 2.87. The van der Waals surface area contributed by atoms with Gasteiger partial charge < -0.3 is 18.9 Å². The van der Waals surface area contributed by atoms with E-state index in [1.54, 1.807) is 0 Å². The second kappa shape index (κ2) is 5.16. The average Bonchev–Trinajstić information content (AvgIpc) is 3.35. The molecule has 4 nitrogen and oxygen atoms in total. The topological polar surface area (TPSA) is 36.9 Å². The highest BCUT2D eigenvalue weighted by molar-refractivity contribution is 5.50. The Balaban J connectivity index is 1.33. The third-order valence-electron chi connectivity index (χ3n) is 8.03. The third-order valence-corrected chi connectivity index (χ3v) is 8.03. The lowest BCUT2D eigenvalue weighted by molar-refractivity contribution is -0.0282. The molecule has 8 rings (SSSR count). The van der Waals surface area contributed by atoms with Gasteiger partial charge in [-0.2, -0.15) is 0 Å². The molecule has 0 aromatic heterocycles. The highest BCUT2D eigenvalue weighted by Crippen LogP contribution is 2.66. The van der Waals surface area contributed by atoms with Gasteiger partial charge in [-0.1, -0.05) is 12.1 Å². The molecule has 4 heteroatoms. The molecular formula is C24H24O4. The van der Waals surface area contributed by atoms with Gasteiger partial charge in [0.15, 0.2) is 23.0 Å². The van der Waals surface area contributed by atoms with Gasteiger partial charge in [0, 0.05) is 0 Å². The number of fused-ring (bicyclic) bond motifs is 2. The van der Waals surface area contributed by atoms with Crippen LogP contribution in [-0.4, -0.2) is 13.6 Å². The van der Waals surface area contributed by atoms with Crippen molar-refractivity contribution in [2.75, 3.05) is 13.6 Å². The van der Waals surface area contributed by atoms with E-state index in [0.717, 1.165) is 34.8 Å². The van der Waals surface area contributed by atoms with E-state index >= 15 is 0 Å². The van der Waals surface area contributed by atoms with Gasteiger partial charge in [-0.3, -0.25) is 0 Å². The van der Waals surface area contributed by atoms with Gasteiger partial charge in [-0.15, -0.1) is 0 Å². The summed E-state index contributed by atoms with van der Waals surface area (Å²) in [6.07, 6.45) is 7.89. The average molecular weight is 376 g/mol. The van der Waals surface area contributed by atoms with E-state index in [1.165, 1.54) is 49.7 Å². The minimum atomic E-state index is 0.265. The molecule has 0 N–H and O–H groups in total. The first kappa shape index (κ1) is 15.5. The van der Waals surface area contributed by atoms with Crippen LogP contribution in [-0.2, 0) is 10.8 Å². The molecule has 4 saturated carbocycles. The number of rotatable bonds is 2. The molecule has 6 aliphatic rings. The number of hydrogen-bond acceptors (Lipinski definition) is 4. The van der Waals surface area contributed by atoms with Crippen molar-refractivity contribution in [1.82, 2.24) is 0 Å². The van der Waals surface area contributed by atoms with Crippen molar-refractivity contribution < 1.29 is 18.9 Å². The Bertz CT molecular complexity index is 891. The molecule has 0 atom stereocenters. The zero-order valence-corrected chi connectivity index (χ0v) is 15.9. The molecule has 4 bridgehead atoms. The molecule has 0 spiro atoms. The summed E-state index contributed by atoms with van der Waals surface area (Å²) < 4.78 is 22.5. The molecule has 2 aliphatic heterocycles. The lowest BCUT2D eigenvalue weighted by Crippen LogP contribution is -2.55. The van der Waals surface area contributed by atoms with E-state index in [-0.39, 0.29) is 10.8 Å². The van der Waals surface area contributed by atoms with Crippen molar-refractivity contribution in [1.29, 1.82) is 0 Å². The first-order valence-corrected chi connectivity index (χ1v) is 10.5. The second-order valence-corrected chi connectivity index (χ2v) is 9.66. The van der Waals surface area contributed by atoms with Crippen molar-refractivity contribution in [2.45, 2.75) is 49.4 Å². The Morgan fingerprint density at radius 2 is 1.07 bits per heavy atom. The molecule has 0 amide bonds. The van der Waals surface area contributed by atoms with E-state index in [0.29, 0.717) is 13.6 Å². The van der Waals surface area contributed by atoms with E-state index in [4.69, 9.17) is 18.9 Å². The monoisotopic (exact) mass is 376 g/mol. The van der Waals surface area contributed by atoms with E-state index in [1.807, 2.05) is 0 Å². The van der Waals surface area contributed by atoms with Gasteiger partial charge in [0.05, 0.1) is 0 Å². The fourth-order valence-electron chi connectivity index (χ4n) is 7.39. The summed E-state index contributed by atoms with van der Waals surface area (Å²) in [6, 6.07) is 13.4. The van der Waals surface area contributed by atoms with Gasteiger partial charge >= 0.3 is 0 Å². The standard InChI is InChI=1S/C24H24O4/c1-3-19-21(27-13-25-19)6-17(1)23-8-15-5-16(9-23)11-24(10-15,12-23)18-2-4-20-22(7-18)28-14-26-20/h1-4,6-7,15-16H,5,8-14H2. The molecule has 0 unspecified atom stereocenters. The van der Waals surface area contributed by atoms with Crippen molar-refractivity contribution in [2.24, 2.45) is 11.8 Å². The van der Waals surface area contributed by atoms with Crippen LogP contribution in [0.1, 0.15) is 49.7 Å². The molecule has 4 aliphatic carbocycles. The predicted octanol–water partition coefficient (Wildman–Crippen LogP) is 4.93. The summed E-state index contributed by atoms with van der Waals surface area (Å²) >= 11 is 0. The van der Waals surface area contributed by atoms with Crippen molar-refractivity contribution >= 4 is 0 Å².